The van der Waals surface area contributed by atoms with Crippen LogP contribution in [0, 0.1) is 23.7 Å². The second kappa shape index (κ2) is 3.87. The third-order valence-electron chi connectivity index (χ3n) is 6.58. The van der Waals surface area contributed by atoms with Gasteiger partial charge in [-0.1, -0.05) is 42.5 Å². The molecule has 0 nitrogen and oxygen atoms in total. The molecule has 4 fully saturated rings. The van der Waals surface area contributed by atoms with Gasteiger partial charge in [-0.15, -0.1) is 0 Å². The molecule has 5 unspecified atom stereocenters. The first-order chi connectivity index (χ1) is 9.81. The molecular formula is C20H22. The van der Waals surface area contributed by atoms with Crippen molar-refractivity contribution in [1.82, 2.24) is 0 Å². The van der Waals surface area contributed by atoms with E-state index < -0.39 is 0 Å². The molecule has 0 heterocycles. The van der Waals surface area contributed by atoms with Crippen molar-refractivity contribution in [3.05, 3.63) is 53.1 Å². The van der Waals surface area contributed by atoms with Crippen molar-refractivity contribution in [1.29, 1.82) is 0 Å². The van der Waals surface area contributed by atoms with Gasteiger partial charge in [-0.3, -0.25) is 0 Å². The molecule has 0 spiro atoms. The smallest absolute Gasteiger partial charge is 0.00615 e. The number of rotatable bonds is 1. The minimum atomic E-state index is 0.771. The van der Waals surface area contributed by atoms with Gasteiger partial charge in [0, 0.05) is 0 Å². The largest absolute Gasteiger partial charge is 0.0993 e. The Bertz CT molecular complexity index is 621. The highest BCUT2D eigenvalue weighted by atomic mass is 14.5. The van der Waals surface area contributed by atoms with Crippen molar-refractivity contribution < 1.29 is 0 Å². The summed E-state index contributed by atoms with van der Waals surface area (Å²) in [5, 5.41) is 0. The lowest BCUT2D eigenvalue weighted by Gasteiger charge is -2.56. The van der Waals surface area contributed by atoms with E-state index in [-0.39, 0.29) is 0 Å². The van der Waals surface area contributed by atoms with Gasteiger partial charge in [0.25, 0.3) is 0 Å². The Kier molecular flexibility index (Phi) is 2.20. The SMILES string of the molecule is C=C1C2CC3CC(C2)C(c2cccc4c2C=CC4)C1C3. The Hall–Kier alpha value is -1.30. The fourth-order valence-corrected chi connectivity index (χ4v) is 5.87. The fraction of sp³-hybridized carbons (Fsp3) is 0.500. The van der Waals surface area contributed by atoms with Crippen LogP contribution in [0.1, 0.15) is 48.3 Å². The van der Waals surface area contributed by atoms with E-state index in [1.54, 1.807) is 22.3 Å². The third-order valence-corrected chi connectivity index (χ3v) is 6.58. The van der Waals surface area contributed by atoms with Crippen molar-refractivity contribution in [3.8, 4) is 0 Å². The molecule has 1 aromatic carbocycles. The van der Waals surface area contributed by atoms with Crippen LogP contribution in [-0.4, -0.2) is 0 Å². The van der Waals surface area contributed by atoms with E-state index in [0.717, 1.165) is 36.0 Å². The van der Waals surface area contributed by atoms with Crippen LogP contribution in [0.4, 0.5) is 0 Å². The highest BCUT2D eigenvalue weighted by molar-refractivity contribution is 5.64. The van der Waals surface area contributed by atoms with Crippen LogP contribution < -0.4 is 0 Å². The van der Waals surface area contributed by atoms with Gasteiger partial charge in [0.15, 0.2) is 0 Å². The van der Waals surface area contributed by atoms with Gasteiger partial charge >= 0.3 is 0 Å². The highest BCUT2D eigenvalue weighted by Gasteiger charge is 2.50. The van der Waals surface area contributed by atoms with Crippen molar-refractivity contribution in [2.24, 2.45) is 23.7 Å². The first-order valence-electron chi connectivity index (χ1n) is 8.28. The molecule has 102 valence electrons. The van der Waals surface area contributed by atoms with Crippen LogP contribution in [0.15, 0.2) is 36.4 Å². The van der Waals surface area contributed by atoms with Crippen LogP contribution in [0.2, 0.25) is 0 Å². The lowest BCUT2D eigenvalue weighted by Crippen LogP contribution is -2.45. The normalized spacial score (nSPS) is 40.4. The summed E-state index contributed by atoms with van der Waals surface area (Å²) in [7, 11) is 0. The second-order valence-corrected chi connectivity index (χ2v) is 7.50. The molecule has 0 aromatic heterocycles. The van der Waals surface area contributed by atoms with E-state index in [1.807, 2.05) is 0 Å². The average molecular weight is 262 g/mol. The maximum absolute atomic E-state index is 4.50. The Morgan fingerprint density at radius 2 is 2.00 bits per heavy atom. The van der Waals surface area contributed by atoms with E-state index in [0.29, 0.717) is 0 Å². The summed E-state index contributed by atoms with van der Waals surface area (Å²) in [5.41, 5.74) is 6.34. The predicted molar refractivity (Wildman–Crippen MR) is 83.5 cm³/mol. The Labute approximate surface area is 121 Å². The molecule has 0 aliphatic heterocycles. The minimum Gasteiger partial charge on any atom is -0.0993 e. The second-order valence-electron chi connectivity index (χ2n) is 7.50. The molecule has 1 aromatic rings. The zero-order chi connectivity index (χ0) is 13.3. The fourth-order valence-electron chi connectivity index (χ4n) is 5.87. The number of hydrogen-bond donors (Lipinski definition) is 0. The van der Waals surface area contributed by atoms with Gasteiger partial charge in [0.2, 0.25) is 0 Å². The standard InChI is InChI=1S/C20H22/c1-12-15-8-13-9-16(11-15)20(19(12)10-13)18-7-3-5-14-4-2-6-17(14)18/h2-3,5-7,13,15-16,19-20H,1,4,8-11H2. The molecule has 0 radical (unpaired) electrons. The average Bonchev–Trinajstić information content (AvgIpc) is 2.93. The molecule has 0 heteroatoms. The van der Waals surface area contributed by atoms with Crippen LogP contribution in [0.3, 0.4) is 0 Å². The molecule has 4 saturated carbocycles. The summed E-state index contributed by atoms with van der Waals surface area (Å²) in [6.07, 6.45) is 11.6. The van der Waals surface area contributed by atoms with Crippen LogP contribution in [0.5, 0.6) is 0 Å². The molecule has 5 aliphatic rings. The number of allylic oxidation sites excluding steroid dienone is 2. The van der Waals surface area contributed by atoms with E-state index in [4.69, 9.17) is 0 Å². The van der Waals surface area contributed by atoms with Gasteiger partial charge < -0.3 is 0 Å². The summed E-state index contributed by atoms with van der Waals surface area (Å²) in [5.74, 6) is 4.36. The molecule has 0 N–H and O–H groups in total. The van der Waals surface area contributed by atoms with Crippen molar-refractivity contribution in [3.63, 3.8) is 0 Å². The van der Waals surface area contributed by atoms with Gasteiger partial charge in [-0.25, -0.2) is 0 Å². The topological polar surface area (TPSA) is 0 Å². The number of fused-ring (bicyclic) bond motifs is 1. The Balaban J connectivity index is 1.63. The summed E-state index contributed by atoms with van der Waals surface area (Å²) in [6, 6.07) is 7.01. The predicted octanol–water partition coefficient (Wildman–Crippen LogP) is 4.96. The van der Waals surface area contributed by atoms with Crippen LogP contribution in [-0.2, 0) is 6.42 Å². The van der Waals surface area contributed by atoms with E-state index in [1.165, 1.54) is 25.7 Å². The summed E-state index contributed by atoms with van der Waals surface area (Å²) in [6.45, 7) is 4.50. The molecule has 0 amide bonds. The maximum atomic E-state index is 4.50. The monoisotopic (exact) mass is 262 g/mol. The van der Waals surface area contributed by atoms with Gasteiger partial charge in [-0.2, -0.15) is 0 Å². The summed E-state index contributed by atoms with van der Waals surface area (Å²) >= 11 is 0. The van der Waals surface area contributed by atoms with E-state index >= 15 is 0 Å². The molecule has 20 heavy (non-hydrogen) atoms. The van der Waals surface area contributed by atoms with Crippen LogP contribution in [0.25, 0.3) is 6.08 Å². The lowest BCUT2D eigenvalue weighted by molar-refractivity contribution is 0.0457. The third kappa shape index (κ3) is 1.38. The van der Waals surface area contributed by atoms with Gasteiger partial charge in [0.1, 0.15) is 0 Å². The van der Waals surface area contributed by atoms with Crippen molar-refractivity contribution in [2.45, 2.75) is 38.0 Å². The molecule has 6 rings (SSSR count). The molecule has 4 bridgehead atoms. The molecule has 5 atom stereocenters. The first-order valence-corrected chi connectivity index (χ1v) is 8.28. The zero-order valence-electron chi connectivity index (χ0n) is 12.0. The number of benzene rings is 1. The van der Waals surface area contributed by atoms with Gasteiger partial charge in [-0.05, 0) is 78.4 Å². The van der Waals surface area contributed by atoms with Crippen molar-refractivity contribution >= 4 is 6.08 Å². The highest BCUT2D eigenvalue weighted by Crippen LogP contribution is 2.62. The Morgan fingerprint density at radius 1 is 1.05 bits per heavy atom. The quantitative estimate of drug-likeness (QED) is 0.627. The van der Waals surface area contributed by atoms with E-state index in [2.05, 4.69) is 36.9 Å². The zero-order valence-corrected chi connectivity index (χ0v) is 12.0. The lowest BCUT2D eigenvalue weighted by atomic mass is 9.49. The number of hydrogen-bond acceptors (Lipinski definition) is 0. The minimum absolute atomic E-state index is 0.771. The first kappa shape index (κ1) is 11.4. The molecular weight excluding hydrogens is 240 g/mol. The van der Waals surface area contributed by atoms with Crippen LogP contribution >= 0.6 is 0 Å². The molecule has 5 aliphatic carbocycles. The van der Waals surface area contributed by atoms with Crippen molar-refractivity contribution in [2.75, 3.05) is 0 Å². The summed E-state index contributed by atoms with van der Waals surface area (Å²) in [4.78, 5) is 0. The summed E-state index contributed by atoms with van der Waals surface area (Å²) < 4.78 is 0. The van der Waals surface area contributed by atoms with Gasteiger partial charge in [0.05, 0.1) is 0 Å². The molecule has 0 saturated heterocycles. The Morgan fingerprint density at radius 3 is 2.95 bits per heavy atom. The maximum Gasteiger partial charge on any atom is -0.00615 e. The van der Waals surface area contributed by atoms with E-state index in [9.17, 15) is 0 Å².